The Morgan fingerprint density at radius 1 is 1.15 bits per heavy atom. The molecule has 2 aromatic carbocycles. The maximum Gasteiger partial charge on any atom is 0.387 e. The molecule has 0 aliphatic rings. The zero-order valence-electron chi connectivity index (χ0n) is 13.4. The lowest BCUT2D eigenvalue weighted by molar-refractivity contribution is -0.118. The van der Waals surface area contributed by atoms with Crippen LogP contribution in [0, 0.1) is 0 Å². The molecule has 1 N–H and O–H groups in total. The lowest BCUT2D eigenvalue weighted by Gasteiger charge is -2.13. The van der Waals surface area contributed by atoms with Crippen LogP contribution in [0.5, 0.6) is 11.5 Å². The quantitative estimate of drug-likeness (QED) is 0.550. The fraction of sp³-hybridized carbons (Fsp3) is 0.176. The van der Waals surface area contributed by atoms with E-state index in [2.05, 4.69) is 41.9 Å². The van der Waals surface area contributed by atoms with E-state index in [0.29, 0.717) is 20.2 Å². The number of nitrogens with one attached hydrogen (secondary N) is 1. The van der Waals surface area contributed by atoms with Crippen LogP contribution in [0.4, 0.5) is 14.5 Å². The van der Waals surface area contributed by atoms with Crippen LogP contribution >= 0.6 is 31.9 Å². The van der Waals surface area contributed by atoms with Gasteiger partial charge in [-0.1, -0.05) is 15.9 Å². The van der Waals surface area contributed by atoms with Crippen molar-refractivity contribution in [2.45, 2.75) is 13.5 Å². The van der Waals surface area contributed by atoms with Gasteiger partial charge in [0.1, 0.15) is 11.5 Å². The third-order valence-corrected chi connectivity index (χ3v) is 4.15. The van der Waals surface area contributed by atoms with Gasteiger partial charge in [0, 0.05) is 10.2 Å². The van der Waals surface area contributed by atoms with E-state index >= 15 is 0 Å². The van der Waals surface area contributed by atoms with Crippen molar-refractivity contribution in [1.29, 1.82) is 0 Å². The number of hydrogen-bond acceptors (Lipinski definition) is 4. The highest BCUT2D eigenvalue weighted by atomic mass is 79.9. The van der Waals surface area contributed by atoms with Crippen LogP contribution < -0.4 is 14.8 Å². The largest absolute Gasteiger partial charge is 0.482 e. The lowest BCUT2D eigenvalue weighted by Crippen LogP contribution is -2.21. The summed E-state index contributed by atoms with van der Waals surface area (Å²) in [5, 5.41) is 2.56. The van der Waals surface area contributed by atoms with E-state index in [1.54, 1.807) is 12.1 Å². The van der Waals surface area contributed by atoms with E-state index in [4.69, 9.17) is 4.74 Å². The summed E-state index contributed by atoms with van der Waals surface area (Å²) in [4.78, 5) is 23.7. The number of carbonyl (C=O) groups excluding carboxylic acids is 2. The molecule has 2 aromatic rings. The Hall–Kier alpha value is -2.00. The molecule has 9 heteroatoms. The van der Waals surface area contributed by atoms with Gasteiger partial charge in [0.2, 0.25) is 0 Å². The van der Waals surface area contributed by atoms with Gasteiger partial charge in [0.05, 0.1) is 10.0 Å². The molecule has 0 saturated carbocycles. The first kappa shape index (κ1) is 20.3. The number of carbonyl (C=O) groups is 2. The van der Waals surface area contributed by atoms with Crippen molar-refractivity contribution in [3.05, 3.63) is 50.9 Å². The molecule has 138 valence electrons. The first-order chi connectivity index (χ1) is 12.3. The summed E-state index contributed by atoms with van der Waals surface area (Å²) >= 11 is 6.58. The third-order valence-electron chi connectivity index (χ3n) is 3.10. The number of rotatable bonds is 7. The van der Waals surface area contributed by atoms with Crippen molar-refractivity contribution in [1.82, 2.24) is 0 Å². The van der Waals surface area contributed by atoms with Crippen LogP contribution in [0.25, 0.3) is 0 Å². The van der Waals surface area contributed by atoms with Gasteiger partial charge in [-0.3, -0.25) is 9.59 Å². The van der Waals surface area contributed by atoms with E-state index in [1.165, 1.54) is 31.2 Å². The van der Waals surface area contributed by atoms with Crippen molar-refractivity contribution in [3.8, 4) is 11.5 Å². The molecule has 2 rings (SSSR count). The van der Waals surface area contributed by atoms with Gasteiger partial charge < -0.3 is 14.8 Å². The molecule has 0 aliphatic heterocycles. The number of hydrogen-bond donors (Lipinski definition) is 1. The number of ether oxygens (including phenoxy) is 2. The number of alkyl halides is 2. The summed E-state index contributed by atoms with van der Waals surface area (Å²) in [6.07, 6.45) is 0. The minimum absolute atomic E-state index is 0.0147. The van der Waals surface area contributed by atoms with Gasteiger partial charge in [0.15, 0.2) is 12.4 Å². The number of halogens is 4. The summed E-state index contributed by atoms with van der Waals surface area (Å²) in [6.45, 7) is -1.86. The van der Waals surface area contributed by atoms with Gasteiger partial charge in [-0.25, -0.2) is 0 Å². The van der Waals surface area contributed by atoms with Crippen molar-refractivity contribution in [3.63, 3.8) is 0 Å². The Kier molecular flexibility index (Phi) is 7.10. The zero-order chi connectivity index (χ0) is 19.3. The average molecular weight is 493 g/mol. The zero-order valence-corrected chi connectivity index (χ0v) is 16.6. The first-order valence-corrected chi connectivity index (χ1v) is 8.82. The first-order valence-electron chi connectivity index (χ1n) is 7.23. The molecule has 0 spiro atoms. The number of amides is 1. The SMILES string of the molecule is CC(=O)c1cc(Br)cc(Br)c1OCC(=O)Nc1ccc(OC(F)F)cc1. The number of benzene rings is 2. The van der Waals surface area contributed by atoms with E-state index in [9.17, 15) is 18.4 Å². The normalized spacial score (nSPS) is 10.5. The van der Waals surface area contributed by atoms with Gasteiger partial charge in [0.25, 0.3) is 5.91 Å². The van der Waals surface area contributed by atoms with Gasteiger partial charge >= 0.3 is 6.61 Å². The molecule has 1 amide bonds. The molecule has 0 heterocycles. The van der Waals surface area contributed by atoms with E-state index < -0.39 is 12.5 Å². The third kappa shape index (κ3) is 5.77. The molecule has 0 radical (unpaired) electrons. The molecule has 0 aromatic heterocycles. The predicted molar refractivity (Wildman–Crippen MR) is 99.0 cm³/mol. The highest BCUT2D eigenvalue weighted by molar-refractivity contribution is 9.11. The molecular weight excluding hydrogens is 480 g/mol. The standard InChI is InChI=1S/C17H13Br2F2NO4/c1-9(23)13-6-10(18)7-14(19)16(13)25-8-15(24)22-11-2-4-12(5-3-11)26-17(20)21/h2-7,17H,8H2,1H3,(H,22,24). The molecular formula is C17H13Br2F2NO4. The topological polar surface area (TPSA) is 64.6 Å². The predicted octanol–water partition coefficient (Wildman–Crippen LogP) is 5.03. The average Bonchev–Trinajstić information content (AvgIpc) is 2.54. The molecule has 0 atom stereocenters. The summed E-state index contributed by atoms with van der Waals surface area (Å²) in [5.41, 5.74) is 0.717. The Balaban J connectivity index is 2.00. The minimum Gasteiger partial charge on any atom is -0.482 e. The van der Waals surface area contributed by atoms with E-state index in [-0.39, 0.29) is 23.9 Å². The van der Waals surface area contributed by atoms with Crippen molar-refractivity contribution in [2.24, 2.45) is 0 Å². The molecule has 0 bridgehead atoms. The number of ketones is 1. The molecule has 0 fully saturated rings. The number of Topliss-reactive ketones (excluding diaryl/α,β-unsaturated/α-hetero) is 1. The summed E-state index contributed by atoms with van der Waals surface area (Å²) in [6, 6.07) is 8.76. The second-order valence-corrected chi connectivity index (χ2v) is 6.83. The smallest absolute Gasteiger partial charge is 0.387 e. The minimum atomic E-state index is -2.91. The fourth-order valence-corrected chi connectivity index (χ4v) is 3.36. The molecule has 0 aliphatic carbocycles. The van der Waals surface area contributed by atoms with Crippen LogP contribution in [0.15, 0.2) is 45.3 Å². The van der Waals surface area contributed by atoms with Crippen LogP contribution in [0.2, 0.25) is 0 Å². The maximum atomic E-state index is 12.1. The van der Waals surface area contributed by atoms with Gasteiger partial charge in [-0.15, -0.1) is 0 Å². The summed E-state index contributed by atoms with van der Waals surface area (Å²) in [7, 11) is 0. The molecule has 5 nitrogen and oxygen atoms in total. The fourth-order valence-electron chi connectivity index (χ4n) is 2.02. The lowest BCUT2D eigenvalue weighted by atomic mass is 10.1. The highest BCUT2D eigenvalue weighted by Crippen LogP contribution is 2.33. The number of anilines is 1. The van der Waals surface area contributed by atoms with Crippen LogP contribution in [0.3, 0.4) is 0 Å². The summed E-state index contributed by atoms with van der Waals surface area (Å²) < 4.78 is 35.1. The van der Waals surface area contributed by atoms with Gasteiger partial charge in [-0.05, 0) is 59.3 Å². The van der Waals surface area contributed by atoms with Crippen molar-refractivity contribution in [2.75, 3.05) is 11.9 Å². The Morgan fingerprint density at radius 3 is 2.38 bits per heavy atom. The molecule has 26 heavy (non-hydrogen) atoms. The second-order valence-electron chi connectivity index (χ2n) is 5.06. The van der Waals surface area contributed by atoms with Crippen LogP contribution in [0.1, 0.15) is 17.3 Å². The Labute approximate surface area is 164 Å². The van der Waals surface area contributed by atoms with Crippen LogP contribution in [-0.4, -0.2) is 24.9 Å². The second kappa shape index (κ2) is 9.09. The van der Waals surface area contributed by atoms with Crippen molar-refractivity contribution < 1.29 is 27.8 Å². The summed E-state index contributed by atoms with van der Waals surface area (Å²) in [5.74, 6) is -0.440. The molecule has 0 unspecified atom stereocenters. The van der Waals surface area contributed by atoms with Crippen molar-refractivity contribution >= 4 is 49.2 Å². The Morgan fingerprint density at radius 2 is 1.81 bits per heavy atom. The maximum absolute atomic E-state index is 12.1. The monoisotopic (exact) mass is 491 g/mol. The van der Waals surface area contributed by atoms with E-state index in [1.807, 2.05) is 0 Å². The molecule has 0 saturated heterocycles. The highest BCUT2D eigenvalue weighted by Gasteiger charge is 2.15. The Bertz CT molecular complexity index is 813. The van der Waals surface area contributed by atoms with Gasteiger partial charge in [-0.2, -0.15) is 8.78 Å². The van der Waals surface area contributed by atoms with Crippen LogP contribution in [-0.2, 0) is 4.79 Å². The van der Waals surface area contributed by atoms with E-state index in [0.717, 1.165) is 0 Å².